The largest absolute Gasteiger partial charge is 0.493 e. The molecule has 3 unspecified atom stereocenters. The SMILES string of the molecule is CC(NC1CCOC1C1CC1)c1ccc2c(c1)CCO2. The molecule has 20 heavy (non-hydrogen) atoms. The van der Waals surface area contributed by atoms with Crippen LogP contribution in [0.5, 0.6) is 5.75 Å². The third-order valence-electron chi connectivity index (χ3n) is 4.90. The van der Waals surface area contributed by atoms with Gasteiger partial charge in [-0.15, -0.1) is 0 Å². The van der Waals surface area contributed by atoms with Crippen LogP contribution in [0.4, 0.5) is 0 Å². The van der Waals surface area contributed by atoms with Crippen molar-refractivity contribution in [3.8, 4) is 5.75 Å². The van der Waals surface area contributed by atoms with Gasteiger partial charge in [-0.2, -0.15) is 0 Å². The average molecular weight is 273 g/mol. The molecule has 3 nitrogen and oxygen atoms in total. The monoisotopic (exact) mass is 273 g/mol. The molecule has 108 valence electrons. The van der Waals surface area contributed by atoms with Crippen molar-refractivity contribution >= 4 is 0 Å². The molecular formula is C17H23NO2. The second-order valence-corrected chi connectivity index (χ2v) is 6.42. The highest BCUT2D eigenvalue weighted by atomic mass is 16.5. The molecular weight excluding hydrogens is 250 g/mol. The maximum absolute atomic E-state index is 5.92. The van der Waals surface area contributed by atoms with Gasteiger partial charge in [0.25, 0.3) is 0 Å². The van der Waals surface area contributed by atoms with E-state index in [1.807, 2.05) is 0 Å². The second-order valence-electron chi connectivity index (χ2n) is 6.42. The molecule has 4 rings (SSSR count). The van der Waals surface area contributed by atoms with Crippen LogP contribution in [-0.4, -0.2) is 25.4 Å². The van der Waals surface area contributed by atoms with Gasteiger partial charge >= 0.3 is 0 Å². The van der Waals surface area contributed by atoms with Gasteiger partial charge in [-0.25, -0.2) is 0 Å². The quantitative estimate of drug-likeness (QED) is 0.915. The van der Waals surface area contributed by atoms with Gasteiger partial charge in [0.2, 0.25) is 0 Å². The van der Waals surface area contributed by atoms with Gasteiger partial charge in [0.1, 0.15) is 5.75 Å². The van der Waals surface area contributed by atoms with Gasteiger partial charge in [-0.05, 0) is 49.3 Å². The number of ether oxygens (including phenoxy) is 2. The normalized spacial score (nSPS) is 30.1. The average Bonchev–Trinajstić information content (AvgIpc) is 3.01. The van der Waals surface area contributed by atoms with Crippen LogP contribution in [0.15, 0.2) is 18.2 Å². The van der Waals surface area contributed by atoms with Crippen molar-refractivity contribution in [1.29, 1.82) is 0 Å². The summed E-state index contributed by atoms with van der Waals surface area (Å²) in [6.45, 7) is 4.02. The van der Waals surface area contributed by atoms with Crippen LogP contribution in [0, 0.1) is 5.92 Å². The molecule has 1 N–H and O–H groups in total. The first-order valence-electron chi connectivity index (χ1n) is 7.94. The molecule has 0 spiro atoms. The van der Waals surface area contributed by atoms with Crippen molar-refractivity contribution in [2.75, 3.05) is 13.2 Å². The van der Waals surface area contributed by atoms with E-state index in [1.165, 1.54) is 24.0 Å². The summed E-state index contributed by atoms with van der Waals surface area (Å²) in [5.41, 5.74) is 2.73. The highest BCUT2D eigenvalue weighted by molar-refractivity contribution is 5.40. The third kappa shape index (κ3) is 2.33. The lowest BCUT2D eigenvalue weighted by atomic mass is 10.0. The van der Waals surface area contributed by atoms with Crippen molar-refractivity contribution in [3.63, 3.8) is 0 Å². The predicted octanol–water partition coefficient (Wildman–Crippen LogP) is 2.84. The van der Waals surface area contributed by atoms with E-state index >= 15 is 0 Å². The maximum Gasteiger partial charge on any atom is 0.122 e. The number of hydrogen-bond donors (Lipinski definition) is 1. The molecule has 2 fully saturated rings. The zero-order valence-electron chi connectivity index (χ0n) is 12.1. The van der Waals surface area contributed by atoms with Crippen molar-refractivity contribution in [1.82, 2.24) is 5.32 Å². The fourth-order valence-electron chi connectivity index (χ4n) is 3.57. The molecule has 0 bridgehead atoms. The lowest BCUT2D eigenvalue weighted by Gasteiger charge is -2.24. The smallest absolute Gasteiger partial charge is 0.122 e. The van der Waals surface area contributed by atoms with Crippen LogP contribution in [0.2, 0.25) is 0 Å². The molecule has 2 aliphatic heterocycles. The number of benzene rings is 1. The maximum atomic E-state index is 5.92. The number of fused-ring (bicyclic) bond motifs is 1. The van der Waals surface area contributed by atoms with E-state index in [2.05, 4.69) is 30.4 Å². The van der Waals surface area contributed by atoms with E-state index in [0.717, 1.165) is 37.7 Å². The molecule has 1 aliphatic carbocycles. The fourth-order valence-corrected chi connectivity index (χ4v) is 3.57. The van der Waals surface area contributed by atoms with Crippen LogP contribution < -0.4 is 10.1 Å². The molecule has 3 atom stereocenters. The van der Waals surface area contributed by atoms with Crippen LogP contribution in [0.25, 0.3) is 0 Å². The second kappa shape index (κ2) is 5.05. The Morgan fingerprint density at radius 2 is 2.10 bits per heavy atom. The molecule has 0 aromatic heterocycles. The van der Waals surface area contributed by atoms with Crippen LogP contribution in [-0.2, 0) is 11.2 Å². The Bertz CT molecular complexity index is 498. The van der Waals surface area contributed by atoms with Gasteiger partial charge in [0.15, 0.2) is 0 Å². The zero-order valence-corrected chi connectivity index (χ0v) is 12.1. The van der Waals surface area contributed by atoms with Crippen LogP contribution in [0.1, 0.15) is 43.4 Å². The first-order chi connectivity index (χ1) is 9.81. The lowest BCUT2D eigenvalue weighted by Crippen LogP contribution is -2.39. The minimum absolute atomic E-state index is 0.383. The van der Waals surface area contributed by atoms with E-state index in [1.54, 1.807) is 0 Å². The summed E-state index contributed by atoms with van der Waals surface area (Å²) >= 11 is 0. The molecule has 0 radical (unpaired) electrons. The zero-order chi connectivity index (χ0) is 13.5. The highest BCUT2D eigenvalue weighted by Crippen LogP contribution is 2.39. The molecule has 1 saturated heterocycles. The molecule has 2 heterocycles. The van der Waals surface area contributed by atoms with Gasteiger partial charge in [-0.1, -0.05) is 12.1 Å². The number of nitrogens with one attached hydrogen (secondary N) is 1. The Kier molecular flexibility index (Phi) is 3.20. The van der Waals surface area contributed by atoms with E-state index in [9.17, 15) is 0 Å². The Balaban J connectivity index is 1.45. The van der Waals surface area contributed by atoms with Crippen LogP contribution >= 0.6 is 0 Å². The van der Waals surface area contributed by atoms with Crippen molar-refractivity contribution in [2.45, 2.75) is 50.8 Å². The number of rotatable bonds is 4. The van der Waals surface area contributed by atoms with E-state index in [0.29, 0.717) is 18.2 Å². The van der Waals surface area contributed by atoms with Gasteiger partial charge < -0.3 is 14.8 Å². The molecule has 3 heteroatoms. The highest BCUT2D eigenvalue weighted by Gasteiger charge is 2.40. The molecule has 0 amide bonds. The standard InChI is InChI=1S/C17H23NO2/c1-11(13-4-5-16-14(10-13)6-8-19-16)18-15-7-9-20-17(15)12-2-3-12/h4-5,10-12,15,17-18H,2-3,6-9H2,1H3. The predicted molar refractivity (Wildman–Crippen MR) is 78.1 cm³/mol. The van der Waals surface area contributed by atoms with Crippen molar-refractivity contribution in [3.05, 3.63) is 29.3 Å². The van der Waals surface area contributed by atoms with E-state index < -0.39 is 0 Å². The summed E-state index contributed by atoms with van der Waals surface area (Å²) in [5, 5.41) is 3.79. The molecule has 1 saturated carbocycles. The van der Waals surface area contributed by atoms with E-state index in [-0.39, 0.29) is 0 Å². The van der Waals surface area contributed by atoms with Gasteiger partial charge in [0, 0.05) is 25.1 Å². The Morgan fingerprint density at radius 1 is 1.20 bits per heavy atom. The Labute approximate surface area is 120 Å². The summed E-state index contributed by atoms with van der Waals surface area (Å²) in [4.78, 5) is 0. The number of hydrogen-bond acceptors (Lipinski definition) is 3. The summed E-state index contributed by atoms with van der Waals surface area (Å²) in [6.07, 6.45) is 5.36. The van der Waals surface area contributed by atoms with Crippen LogP contribution in [0.3, 0.4) is 0 Å². The summed E-state index contributed by atoms with van der Waals surface area (Å²) < 4.78 is 11.5. The summed E-state index contributed by atoms with van der Waals surface area (Å²) in [6, 6.07) is 7.54. The Morgan fingerprint density at radius 3 is 2.95 bits per heavy atom. The topological polar surface area (TPSA) is 30.5 Å². The lowest BCUT2D eigenvalue weighted by molar-refractivity contribution is 0.0793. The first-order valence-corrected chi connectivity index (χ1v) is 7.94. The Hall–Kier alpha value is -1.06. The first kappa shape index (κ1) is 12.7. The van der Waals surface area contributed by atoms with Crippen molar-refractivity contribution < 1.29 is 9.47 Å². The van der Waals surface area contributed by atoms with Gasteiger partial charge in [-0.3, -0.25) is 0 Å². The minimum atomic E-state index is 0.383. The van der Waals surface area contributed by atoms with Crippen molar-refractivity contribution in [2.24, 2.45) is 5.92 Å². The van der Waals surface area contributed by atoms with E-state index in [4.69, 9.17) is 9.47 Å². The third-order valence-corrected chi connectivity index (χ3v) is 4.90. The molecule has 1 aromatic rings. The fraction of sp³-hybridized carbons (Fsp3) is 0.647. The molecule has 3 aliphatic rings. The minimum Gasteiger partial charge on any atom is -0.493 e. The molecule has 1 aromatic carbocycles. The summed E-state index contributed by atoms with van der Waals surface area (Å²) in [7, 11) is 0. The van der Waals surface area contributed by atoms with Gasteiger partial charge in [0.05, 0.1) is 12.7 Å². The summed E-state index contributed by atoms with van der Waals surface area (Å²) in [5.74, 6) is 1.89.